The van der Waals surface area contributed by atoms with Gasteiger partial charge in [-0.15, -0.1) is 13.2 Å². The Labute approximate surface area is 96.0 Å². The van der Waals surface area contributed by atoms with Crippen molar-refractivity contribution in [3.8, 4) is 5.75 Å². The van der Waals surface area contributed by atoms with E-state index in [2.05, 4.69) is 25.7 Å². The molecule has 0 saturated carbocycles. The fourth-order valence-corrected chi connectivity index (χ4v) is 1.72. The van der Waals surface area contributed by atoms with Crippen LogP contribution in [0.25, 0.3) is 0 Å². The monoisotopic (exact) mass is 305 g/mol. The lowest BCUT2D eigenvalue weighted by Crippen LogP contribution is -2.19. The molecule has 0 atom stereocenters. The molecule has 0 aliphatic heterocycles. The molecule has 0 bridgehead atoms. The number of ether oxygens (including phenoxy) is 1. The van der Waals surface area contributed by atoms with Crippen LogP contribution in [0.3, 0.4) is 0 Å². The Balaban J connectivity index is 3.15. The van der Waals surface area contributed by atoms with Crippen molar-refractivity contribution in [1.82, 2.24) is 4.98 Å². The molecule has 0 aromatic carbocycles. The van der Waals surface area contributed by atoms with E-state index in [1.807, 2.05) is 0 Å². The number of aliphatic hydroxyl groups excluding tert-OH is 1. The topological polar surface area (TPSA) is 42.4 Å². The third-order valence-electron chi connectivity index (χ3n) is 1.33. The Morgan fingerprint density at radius 2 is 2.13 bits per heavy atom. The average Bonchev–Trinajstić information content (AvgIpc) is 2.07. The van der Waals surface area contributed by atoms with Crippen molar-refractivity contribution in [3.63, 3.8) is 0 Å². The van der Waals surface area contributed by atoms with E-state index in [4.69, 9.17) is 16.7 Å². The molecule has 15 heavy (non-hydrogen) atoms. The zero-order chi connectivity index (χ0) is 11.6. The van der Waals surface area contributed by atoms with Crippen LogP contribution < -0.4 is 4.74 Å². The highest BCUT2D eigenvalue weighted by molar-refractivity contribution is 9.10. The molecule has 0 aliphatic carbocycles. The number of aliphatic hydroxyl groups is 1. The second kappa shape index (κ2) is 4.54. The van der Waals surface area contributed by atoms with E-state index >= 15 is 0 Å². The first-order valence-corrected chi connectivity index (χ1v) is 4.72. The second-order valence-corrected chi connectivity index (χ2v) is 3.65. The van der Waals surface area contributed by atoms with Crippen molar-refractivity contribution in [2.24, 2.45) is 0 Å². The highest BCUT2D eigenvalue weighted by Crippen LogP contribution is 2.34. The Morgan fingerprint density at radius 1 is 1.53 bits per heavy atom. The van der Waals surface area contributed by atoms with Crippen molar-refractivity contribution < 1.29 is 23.0 Å². The lowest BCUT2D eigenvalue weighted by molar-refractivity contribution is -0.275. The molecule has 1 heterocycles. The van der Waals surface area contributed by atoms with E-state index in [-0.39, 0.29) is 15.3 Å². The number of hydrogen-bond acceptors (Lipinski definition) is 3. The molecule has 0 aliphatic rings. The summed E-state index contributed by atoms with van der Waals surface area (Å²) < 4.78 is 39.5. The van der Waals surface area contributed by atoms with Crippen LogP contribution in [0, 0.1) is 0 Å². The van der Waals surface area contributed by atoms with Crippen LogP contribution in [0.5, 0.6) is 5.75 Å². The first-order chi connectivity index (χ1) is 6.83. The number of rotatable bonds is 2. The highest BCUT2D eigenvalue weighted by atomic mass is 79.9. The number of hydrogen-bond donors (Lipinski definition) is 1. The van der Waals surface area contributed by atoms with Gasteiger partial charge in [0.2, 0.25) is 0 Å². The van der Waals surface area contributed by atoms with Gasteiger partial charge in [0.05, 0.1) is 11.1 Å². The third-order valence-corrected chi connectivity index (χ3v) is 2.12. The molecule has 0 unspecified atom stereocenters. The van der Waals surface area contributed by atoms with Gasteiger partial charge in [-0.05, 0) is 22.0 Å². The van der Waals surface area contributed by atoms with Gasteiger partial charge in [0.25, 0.3) is 0 Å². The Bertz CT molecular complexity index is 372. The third kappa shape index (κ3) is 3.51. The predicted octanol–water partition coefficient (Wildman–Crippen LogP) is 2.89. The highest BCUT2D eigenvalue weighted by Gasteiger charge is 2.33. The molecule has 3 nitrogen and oxygen atoms in total. The van der Waals surface area contributed by atoms with Crippen LogP contribution in [-0.2, 0) is 6.61 Å². The molecule has 1 rings (SSSR count). The lowest BCUT2D eigenvalue weighted by Gasteiger charge is -2.13. The molecule has 84 valence electrons. The van der Waals surface area contributed by atoms with E-state index in [0.717, 1.165) is 6.07 Å². The van der Waals surface area contributed by atoms with Gasteiger partial charge in [-0.3, -0.25) is 0 Å². The summed E-state index contributed by atoms with van der Waals surface area (Å²) in [5.74, 6) is -0.589. The standard InChI is InChI=1S/C7H4BrClF3NO2/c8-3-1-5(9)13-4(2-14)6(3)15-7(10,11)12/h1,14H,2H2. The Morgan fingerprint density at radius 3 is 2.60 bits per heavy atom. The van der Waals surface area contributed by atoms with Crippen LogP contribution in [-0.4, -0.2) is 16.5 Å². The molecule has 0 spiro atoms. The number of pyridine rings is 1. The molecule has 0 amide bonds. The average molecular weight is 306 g/mol. The van der Waals surface area contributed by atoms with Gasteiger partial charge in [-0.2, -0.15) is 0 Å². The maximum atomic E-state index is 12.0. The van der Waals surface area contributed by atoms with E-state index in [1.54, 1.807) is 0 Å². The molecule has 1 aromatic rings. The molecule has 0 radical (unpaired) electrons. The summed E-state index contributed by atoms with van der Waals surface area (Å²) in [6, 6.07) is 1.14. The summed E-state index contributed by atoms with van der Waals surface area (Å²) in [6.45, 7) is -0.704. The zero-order valence-corrected chi connectivity index (χ0v) is 9.32. The maximum absolute atomic E-state index is 12.0. The largest absolute Gasteiger partial charge is 0.573 e. The van der Waals surface area contributed by atoms with Crippen LogP contribution >= 0.6 is 27.5 Å². The van der Waals surface area contributed by atoms with Gasteiger partial charge >= 0.3 is 6.36 Å². The Kier molecular flexibility index (Phi) is 3.80. The van der Waals surface area contributed by atoms with Gasteiger partial charge in [0.1, 0.15) is 10.8 Å². The van der Waals surface area contributed by atoms with Gasteiger partial charge in [-0.1, -0.05) is 11.6 Å². The fraction of sp³-hybridized carbons (Fsp3) is 0.286. The van der Waals surface area contributed by atoms with Crippen molar-refractivity contribution in [1.29, 1.82) is 0 Å². The maximum Gasteiger partial charge on any atom is 0.573 e. The van der Waals surface area contributed by atoms with Crippen LogP contribution in [0.15, 0.2) is 10.5 Å². The van der Waals surface area contributed by atoms with Crippen LogP contribution in [0.4, 0.5) is 13.2 Å². The van der Waals surface area contributed by atoms with Crippen LogP contribution in [0.1, 0.15) is 5.69 Å². The predicted molar refractivity (Wildman–Crippen MR) is 49.6 cm³/mol. The minimum Gasteiger partial charge on any atom is -0.403 e. The molecular weight excluding hydrogens is 302 g/mol. The molecule has 1 aromatic heterocycles. The summed E-state index contributed by atoms with van der Waals surface area (Å²) in [6.07, 6.45) is -4.85. The van der Waals surface area contributed by atoms with Gasteiger partial charge < -0.3 is 9.84 Å². The molecule has 8 heteroatoms. The smallest absolute Gasteiger partial charge is 0.403 e. The van der Waals surface area contributed by atoms with Gasteiger partial charge in [0.15, 0.2) is 5.75 Å². The molecule has 1 N–H and O–H groups in total. The minimum atomic E-state index is -4.85. The molecular formula is C7H4BrClF3NO2. The van der Waals surface area contributed by atoms with Crippen molar-refractivity contribution in [2.75, 3.05) is 0 Å². The van der Waals surface area contributed by atoms with Crippen molar-refractivity contribution in [2.45, 2.75) is 13.0 Å². The summed E-state index contributed by atoms with van der Waals surface area (Å²) in [4.78, 5) is 3.50. The molecule has 0 saturated heterocycles. The van der Waals surface area contributed by atoms with Gasteiger partial charge in [0, 0.05) is 0 Å². The van der Waals surface area contributed by atoms with Gasteiger partial charge in [-0.25, -0.2) is 4.98 Å². The van der Waals surface area contributed by atoms with Crippen molar-refractivity contribution >= 4 is 27.5 Å². The number of alkyl halides is 3. The second-order valence-electron chi connectivity index (χ2n) is 2.41. The zero-order valence-electron chi connectivity index (χ0n) is 6.98. The lowest BCUT2D eigenvalue weighted by atomic mass is 10.3. The summed E-state index contributed by atoms with van der Waals surface area (Å²) in [5, 5.41) is 8.73. The number of aromatic nitrogens is 1. The summed E-state index contributed by atoms with van der Waals surface area (Å²) in [5.41, 5.74) is -0.285. The minimum absolute atomic E-state index is 0.0242. The quantitative estimate of drug-likeness (QED) is 0.854. The fourth-order valence-electron chi connectivity index (χ4n) is 0.850. The number of halogens is 5. The molecule has 0 fully saturated rings. The van der Waals surface area contributed by atoms with Crippen LogP contribution in [0.2, 0.25) is 5.15 Å². The Hall–Kier alpha value is -0.530. The van der Waals surface area contributed by atoms with E-state index < -0.39 is 18.7 Å². The van der Waals surface area contributed by atoms with E-state index in [0.29, 0.717) is 0 Å². The SMILES string of the molecule is OCc1nc(Cl)cc(Br)c1OC(F)(F)F. The summed E-state index contributed by atoms with van der Waals surface area (Å²) in [7, 11) is 0. The normalized spacial score (nSPS) is 11.6. The van der Waals surface area contributed by atoms with E-state index in [9.17, 15) is 13.2 Å². The number of nitrogens with zero attached hydrogens (tertiary/aromatic N) is 1. The first kappa shape index (κ1) is 12.5. The first-order valence-electron chi connectivity index (χ1n) is 3.55. The summed E-state index contributed by atoms with van der Waals surface area (Å²) >= 11 is 8.31. The van der Waals surface area contributed by atoms with E-state index in [1.165, 1.54) is 0 Å². The van der Waals surface area contributed by atoms with Crippen molar-refractivity contribution in [3.05, 3.63) is 21.4 Å².